The molecule has 0 spiro atoms. The van der Waals surface area contributed by atoms with Crippen LogP contribution in [-0.4, -0.2) is 9.97 Å². The average Bonchev–Trinajstić information content (AvgIpc) is 2.21. The van der Waals surface area contributed by atoms with Crippen LogP contribution in [0.3, 0.4) is 0 Å². The number of rotatable bonds is 1. The van der Waals surface area contributed by atoms with Gasteiger partial charge in [-0.05, 0) is 24.3 Å². The van der Waals surface area contributed by atoms with E-state index in [4.69, 9.17) is 5.73 Å². The molecule has 0 saturated carbocycles. The Kier molecular flexibility index (Phi) is 2.10. The number of pyridine rings is 2. The van der Waals surface area contributed by atoms with Crippen molar-refractivity contribution in [1.82, 2.24) is 9.97 Å². The third kappa shape index (κ3) is 1.69. The second-order valence-corrected chi connectivity index (χ2v) is 2.85. The number of hydrogen-bond donors (Lipinski definition) is 1. The van der Waals surface area contributed by atoms with Crippen LogP contribution < -0.4 is 5.73 Å². The predicted octanol–water partition coefficient (Wildman–Crippen LogP) is 1.86. The fourth-order valence-corrected chi connectivity index (χ4v) is 1.10. The van der Waals surface area contributed by atoms with Gasteiger partial charge in [-0.2, -0.15) is 4.39 Å². The van der Waals surface area contributed by atoms with Gasteiger partial charge in [0.15, 0.2) is 0 Å². The van der Waals surface area contributed by atoms with E-state index in [0.717, 1.165) is 11.3 Å². The standard InChI is InChI=1S/C10H8FN3/c11-10-4-1-7(5-14-10)9-3-2-8(12)6-13-9/h1-6H,12H2. The Morgan fingerprint density at radius 1 is 1.00 bits per heavy atom. The lowest BCUT2D eigenvalue weighted by Gasteiger charge is -1.99. The monoisotopic (exact) mass is 189 g/mol. The first kappa shape index (κ1) is 8.62. The van der Waals surface area contributed by atoms with Crippen LogP contribution in [0.4, 0.5) is 10.1 Å². The molecule has 14 heavy (non-hydrogen) atoms. The van der Waals surface area contributed by atoms with Gasteiger partial charge in [0.25, 0.3) is 0 Å². The van der Waals surface area contributed by atoms with E-state index >= 15 is 0 Å². The molecule has 3 nitrogen and oxygen atoms in total. The number of nitrogens with zero attached hydrogens (tertiary/aromatic N) is 2. The van der Waals surface area contributed by atoms with E-state index in [1.807, 2.05) is 0 Å². The van der Waals surface area contributed by atoms with Gasteiger partial charge in [0.1, 0.15) is 0 Å². The van der Waals surface area contributed by atoms with Gasteiger partial charge in [-0.15, -0.1) is 0 Å². The molecule has 0 aliphatic carbocycles. The largest absolute Gasteiger partial charge is 0.397 e. The Morgan fingerprint density at radius 2 is 1.86 bits per heavy atom. The number of hydrogen-bond acceptors (Lipinski definition) is 3. The molecular weight excluding hydrogens is 181 g/mol. The molecule has 4 heteroatoms. The van der Waals surface area contributed by atoms with Gasteiger partial charge in [0.2, 0.25) is 5.95 Å². The SMILES string of the molecule is Nc1ccc(-c2ccc(F)nc2)nc1. The van der Waals surface area contributed by atoms with Crippen molar-refractivity contribution in [2.75, 3.05) is 5.73 Å². The average molecular weight is 189 g/mol. The van der Waals surface area contributed by atoms with Crippen LogP contribution >= 0.6 is 0 Å². The van der Waals surface area contributed by atoms with E-state index in [2.05, 4.69) is 9.97 Å². The van der Waals surface area contributed by atoms with Crippen LogP contribution in [0, 0.1) is 5.95 Å². The number of nitrogen functional groups attached to an aromatic ring is 1. The van der Waals surface area contributed by atoms with Crippen LogP contribution in [0.5, 0.6) is 0 Å². The van der Waals surface area contributed by atoms with Crippen molar-refractivity contribution < 1.29 is 4.39 Å². The minimum Gasteiger partial charge on any atom is -0.397 e. The summed E-state index contributed by atoms with van der Waals surface area (Å²) in [6.07, 6.45) is 2.99. The minimum absolute atomic E-state index is 0.496. The molecule has 2 aromatic heterocycles. The molecule has 0 amide bonds. The smallest absolute Gasteiger partial charge is 0.212 e. The molecule has 0 radical (unpaired) electrons. The number of nitrogens with two attached hydrogens (primary N) is 1. The zero-order valence-electron chi connectivity index (χ0n) is 7.31. The van der Waals surface area contributed by atoms with Crippen molar-refractivity contribution in [2.24, 2.45) is 0 Å². The van der Waals surface area contributed by atoms with Crippen LogP contribution in [0.2, 0.25) is 0 Å². The number of halogens is 1. The van der Waals surface area contributed by atoms with Crippen molar-refractivity contribution in [3.8, 4) is 11.3 Å². The van der Waals surface area contributed by atoms with E-state index < -0.39 is 5.95 Å². The maximum atomic E-state index is 12.5. The Hall–Kier alpha value is -1.97. The van der Waals surface area contributed by atoms with Gasteiger partial charge < -0.3 is 5.73 Å². The van der Waals surface area contributed by atoms with Crippen molar-refractivity contribution in [3.63, 3.8) is 0 Å². The lowest BCUT2D eigenvalue weighted by Crippen LogP contribution is -1.89. The van der Waals surface area contributed by atoms with Gasteiger partial charge in [-0.3, -0.25) is 4.98 Å². The summed E-state index contributed by atoms with van der Waals surface area (Å²) in [5.41, 5.74) is 7.59. The fourth-order valence-electron chi connectivity index (χ4n) is 1.10. The summed E-state index contributed by atoms with van der Waals surface area (Å²) >= 11 is 0. The van der Waals surface area contributed by atoms with Crippen LogP contribution in [0.15, 0.2) is 36.7 Å². The van der Waals surface area contributed by atoms with Gasteiger partial charge in [0.05, 0.1) is 17.6 Å². The molecule has 0 fully saturated rings. The fraction of sp³-hybridized carbons (Fsp3) is 0. The van der Waals surface area contributed by atoms with Crippen molar-refractivity contribution >= 4 is 5.69 Å². The normalized spacial score (nSPS) is 10.1. The third-order valence-corrected chi connectivity index (χ3v) is 1.81. The van der Waals surface area contributed by atoms with E-state index in [1.54, 1.807) is 24.4 Å². The Morgan fingerprint density at radius 3 is 2.43 bits per heavy atom. The van der Waals surface area contributed by atoms with Gasteiger partial charge >= 0.3 is 0 Å². The summed E-state index contributed by atoms with van der Waals surface area (Å²) in [6, 6.07) is 6.43. The number of anilines is 1. The molecule has 0 saturated heterocycles. The predicted molar refractivity (Wildman–Crippen MR) is 51.8 cm³/mol. The quantitative estimate of drug-likeness (QED) is 0.696. The molecular formula is C10H8FN3. The molecule has 0 aromatic carbocycles. The molecule has 0 unspecified atom stereocenters. The van der Waals surface area contributed by atoms with Crippen molar-refractivity contribution in [1.29, 1.82) is 0 Å². The van der Waals surface area contributed by atoms with Crippen LogP contribution in [-0.2, 0) is 0 Å². The summed E-state index contributed by atoms with van der Waals surface area (Å²) in [4.78, 5) is 7.63. The van der Waals surface area contributed by atoms with Crippen LogP contribution in [0.1, 0.15) is 0 Å². The van der Waals surface area contributed by atoms with Gasteiger partial charge in [-0.1, -0.05) is 0 Å². The first-order valence-corrected chi connectivity index (χ1v) is 4.09. The lowest BCUT2D eigenvalue weighted by molar-refractivity contribution is 0.584. The highest BCUT2D eigenvalue weighted by molar-refractivity contribution is 5.59. The maximum absolute atomic E-state index is 12.5. The second-order valence-electron chi connectivity index (χ2n) is 2.85. The van der Waals surface area contributed by atoms with E-state index in [0.29, 0.717) is 5.69 Å². The zero-order valence-corrected chi connectivity index (χ0v) is 7.31. The highest BCUT2D eigenvalue weighted by Gasteiger charge is 1.99. The third-order valence-electron chi connectivity index (χ3n) is 1.81. The maximum Gasteiger partial charge on any atom is 0.212 e. The Bertz CT molecular complexity index is 379. The van der Waals surface area contributed by atoms with Crippen molar-refractivity contribution in [2.45, 2.75) is 0 Å². The van der Waals surface area contributed by atoms with Crippen LogP contribution in [0.25, 0.3) is 11.3 Å². The van der Waals surface area contributed by atoms with Gasteiger partial charge in [-0.25, -0.2) is 4.98 Å². The summed E-state index contributed by atoms with van der Waals surface area (Å²) in [7, 11) is 0. The lowest BCUT2D eigenvalue weighted by atomic mass is 10.2. The van der Waals surface area contributed by atoms with E-state index in [-0.39, 0.29) is 0 Å². The number of aromatic nitrogens is 2. The summed E-state index contributed by atoms with van der Waals surface area (Å²) < 4.78 is 12.5. The summed E-state index contributed by atoms with van der Waals surface area (Å²) in [6.45, 7) is 0. The van der Waals surface area contributed by atoms with Gasteiger partial charge in [0, 0.05) is 11.8 Å². The topological polar surface area (TPSA) is 51.8 Å². The zero-order chi connectivity index (χ0) is 9.97. The Balaban J connectivity index is 2.40. The Labute approximate surface area is 80.4 Å². The van der Waals surface area contributed by atoms with E-state index in [1.165, 1.54) is 12.3 Å². The van der Waals surface area contributed by atoms with E-state index in [9.17, 15) is 4.39 Å². The summed E-state index contributed by atoms with van der Waals surface area (Å²) in [5, 5.41) is 0. The molecule has 2 heterocycles. The molecule has 70 valence electrons. The van der Waals surface area contributed by atoms with Crippen molar-refractivity contribution in [3.05, 3.63) is 42.6 Å². The summed E-state index contributed by atoms with van der Waals surface area (Å²) in [5.74, 6) is -0.496. The molecule has 0 aliphatic heterocycles. The molecule has 2 rings (SSSR count). The first-order valence-electron chi connectivity index (χ1n) is 4.09. The highest BCUT2D eigenvalue weighted by Crippen LogP contribution is 2.16. The minimum atomic E-state index is -0.496. The molecule has 0 bridgehead atoms. The first-order chi connectivity index (χ1) is 6.75. The molecule has 2 N–H and O–H groups in total. The highest BCUT2D eigenvalue weighted by atomic mass is 19.1. The molecule has 0 aliphatic rings. The second kappa shape index (κ2) is 3.41. The molecule has 2 aromatic rings. The molecule has 0 atom stereocenters.